The summed E-state index contributed by atoms with van der Waals surface area (Å²) in [4.78, 5) is 0. The SMILES string of the molecule is CCC(NCCC(C)C)c1ccccc1O. The van der Waals surface area contributed by atoms with Crippen molar-refractivity contribution in [1.82, 2.24) is 5.32 Å². The fraction of sp³-hybridized carbons (Fsp3) is 0.571. The molecule has 1 unspecified atom stereocenters. The third kappa shape index (κ3) is 3.86. The quantitative estimate of drug-likeness (QED) is 0.771. The molecule has 0 aromatic heterocycles. The zero-order chi connectivity index (χ0) is 12.0. The van der Waals surface area contributed by atoms with Gasteiger partial charge in [-0.1, -0.05) is 39.0 Å². The molecule has 0 heterocycles. The second-order valence-electron chi connectivity index (χ2n) is 4.66. The third-order valence-corrected chi connectivity index (χ3v) is 2.83. The van der Waals surface area contributed by atoms with E-state index in [9.17, 15) is 5.11 Å². The lowest BCUT2D eigenvalue weighted by atomic mass is 10.0. The molecule has 0 saturated carbocycles. The third-order valence-electron chi connectivity index (χ3n) is 2.83. The molecular weight excluding hydrogens is 198 g/mol. The molecule has 1 aromatic carbocycles. The number of phenolic OH excluding ortho intramolecular Hbond substituents is 1. The largest absolute Gasteiger partial charge is 0.508 e. The molecule has 0 amide bonds. The van der Waals surface area contributed by atoms with Gasteiger partial charge in [-0.3, -0.25) is 0 Å². The first-order valence-corrected chi connectivity index (χ1v) is 6.16. The van der Waals surface area contributed by atoms with Crippen molar-refractivity contribution in [2.45, 2.75) is 39.7 Å². The van der Waals surface area contributed by atoms with Crippen LogP contribution in [0, 0.1) is 5.92 Å². The maximum absolute atomic E-state index is 9.78. The highest BCUT2D eigenvalue weighted by Gasteiger charge is 2.11. The molecule has 16 heavy (non-hydrogen) atoms. The van der Waals surface area contributed by atoms with Gasteiger partial charge in [0.1, 0.15) is 5.75 Å². The van der Waals surface area contributed by atoms with E-state index in [1.165, 1.54) is 6.42 Å². The standard InChI is InChI=1S/C14H23NO/c1-4-13(15-10-9-11(2)3)12-7-5-6-8-14(12)16/h5-8,11,13,15-16H,4,9-10H2,1-3H3. The van der Waals surface area contributed by atoms with Gasteiger partial charge < -0.3 is 10.4 Å². The Labute approximate surface area is 98.7 Å². The van der Waals surface area contributed by atoms with Crippen molar-refractivity contribution in [2.75, 3.05) is 6.54 Å². The highest BCUT2D eigenvalue weighted by molar-refractivity contribution is 5.34. The molecule has 1 aromatic rings. The highest BCUT2D eigenvalue weighted by atomic mass is 16.3. The van der Waals surface area contributed by atoms with Crippen LogP contribution in [0.1, 0.15) is 45.2 Å². The van der Waals surface area contributed by atoms with Gasteiger partial charge in [0.2, 0.25) is 0 Å². The van der Waals surface area contributed by atoms with Crippen LogP contribution in [0.25, 0.3) is 0 Å². The summed E-state index contributed by atoms with van der Waals surface area (Å²) in [6, 6.07) is 7.84. The summed E-state index contributed by atoms with van der Waals surface area (Å²) in [6.07, 6.45) is 2.17. The Morgan fingerprint density at radius 2 is 1.94 bits per heavy atom. The smallest absolute Gasteiger partial charge is 0.120 e. The lowest BCUT2D eigenvalue weighted by Crippen LogP contribution is -2.22. The lowest BCUT2D eigenvalue weighted by Gasteiger charge is -2.19. The molecule has 0 aliphatic heterocycles. The van der Waals surface area contributed by atoms with E-state index in [-0.39, 0.29) is 6.04 Å². The molecule has 0 spiro atoms. The van der Waals surface area contributed by atoms with E-state index in [4.69, 9.17) is 0 Å². The van der Waals surface area contributed by atoms with Crippen LogP contribution in [0.2, 0.25) is 0 Å². The Bertz CT molecular complexity index is 309. The molecule has 0 bridgehead atoms. The second-order valence-corrected chi connectivity index (χ2v) is 4.66. The number of aromatic hydroxyl groups is 1. The maximum atomic E-state index is 9.78. The number of hydrogen-bond donors (Lipinski definition) is 2. The molecule has 2 nitrogen and oxygen atoms in total. The van der Waals surface area contributed by atoms with Crippen molar-refractivity contribution in [2.24, 2.45) is 5.92 Å². The van der Waals surface area contributed by atoms with E-state index < -0.39 is 0 Å². The number of rotatable bonds is 6. The van der Waals surface area contributed by atoms with E-state index in [1.54, 1.807) is 6.07 Å². The summed E-state index contributed by atoms with van der Waals surface area (Å²) >= 11 is 0. The first-order valence-electron chi connectivity index (χ1n) is 6.16. The van der Waals surface area contributed by atoms with Gasteiger partial charge in [-0.2, -0.15) is 0 Å². The Hall–Kier alpha value is -1.02. The van der Waals surface area contributed by atoms with Crippen LogP contribution in [0.3, 0.4) is 0 Å². The summed E-state index contributed by atoms with van der Waals surface area (Å²) in [5.74, 6) is 1.11. The first kappa shape index (κ1) is 13.0. The molecule has 1 atom stereocenters. The van der Waals surface area contributed by atoms with Gasteiger partial charge in [-0.15, -0.1) is 0 Å². The number of hydrogen-bond acceptors (Lipinski definition) is 2. The minimum atomic E-state index is 0.264. The van der Waals surface area contributed by atoms with Crippen molar-refractivity contribution in [3.05, 3.63) is 29.8 Å². The van der Waals surface area contributed by atoms with Crippen molar-refractivity contribution >= 4 is 0 Å². The molecule has 2 heteroatoms. The summed E-state index contributed by atoms with van der Waals surface area (Å²) in [5.41, 5.74) is 1.01. The molecule has 0 aliphatic carbocycles. The normalized spacial score (nSPS) is 13.0. The minimum absolute atomic E-state index is 0.264. The van der Waals surface area contributed by atoms with Crippen LogP contribution >= 0.6 is 0 Å². The Morgan fingerprint density at radius 1 is 1.25 bits per heavy atom. The molecule has 0 fully saturated rings. The molecule has 0 radical (unpaired) electrons. The van der Waals surface area contributed by atoms with Crippen LogP contribution in [0.4, 0.5) is 0 Å². The maximum Gasteiger partial charge on any atom is 0.120 e. The van der Waals surface area contributed by atoms with Gasteiger partial charge in [-0.25, -0.2) is 0 Å². The molecule has 0 saturated heterocycles. The predicted molar refractivity (Wildman–Crippen MR) is 68.6 cm³/mol. The molecule has 2 N–H and O–H groups in total. The van der Waals surface area contributed by atoms with Crippen molar-refractivity contribution in [1.29, 1.82) is 0 Å². The van der Waals surface area contributed by atoms with Crippen molar-refractivity contribution in [3.63, 3.8) is 0 Å². The van der Waals surface area contributed by atoms with Crippen LogP contribution in [-0.4, -0.2) is 11.7 Å². The first-order chi connectivity index (χ1) is 7.65. The van der Waals surface area contributed by atoms with E-state index in [2.05, 4.69) is 26.1 Å². The van der Waals surface area contributed by atoms with Crippen LogP contribution in [0.5, 0.6) is 5.75 Å². The zero-order valence-electron chi connectivity index (χ0n) is 10.5. The van der Waals surface area contributed by atoms with Gasteiger partial charge in [0.05, 0.1) is 0 Å². The summed E-state index contributed by atoms with van der Waals surface area (Å²) in [7, 11) is 0. The van der Waals surface area contributed by atoms with Crippen LogP contribution in [-0.2, 0) is 0 Å². The van der Waals surface area contributed by atoms with Gasteiger partial charge in [-0.05, 0) is 31.4 Å². The summed E-state index contributed by atoms with van der Waals surface area (Å²) in [6.45, 7) is 7.59. The summed E-state index contributed by atoms with van der Waals surface area (Å²) in [5, 5.41) is 13.3. The fourth-order valence-corrected chi connectivity index (χ4v) is 1.80. The van der Waals surface area contributed by atoms with Crippen LogP contribution in [0.15, 0.2) is 24.3 Å². The van der Waals surface area contributed by atoms with E-state index in [0.717, 1.165) is 24.4 Å². The number of para-hydroxylation sites is 1. The average Bonchev–Trinajstić information content (AvgIpc) is 2.25. The van der Waals surface area contributed by atoms with Gasteiger partial charge in [0, 0.05) is 11.6 Å². The average molecular weight is 221 g/mol. The van der Waals surface area contributed by atoms with Gasteiger partial charge in [0.15, 0.2) is 0 Å². The van der Waals surface area contributed by atoms with Crippen molar-refractivity contribution < 1.29 is 5.11 Å². The van der Waals surface area contributed by atoms with E-state index in [1.807, 2.05) is 18.2 Å². The molecule has 1 rings (SSSR count). The second kappa shape index (κ2) is 6.54. The molecular formula is C14H23NO. The van der Waals surface area contributed by atoms with E-state index >= 15 is 0 Å². The Balaban J connectivity index is 2.57. The lowest BCUT2D eigenvalue weighted by molar-refractivity contribution is 0.430. The van der Waals surface area contributed by atoms with Gasteiger partial charge >= 0.3 is 0 Å². The molecule has 90 valence electrons. The Morgan fingerprint density at radius 3 is 2.50 bits per heavy atom. The molecule has 0 aliphatic rings. The number of phenols is 1. The summed E-state index contributed by atoms with van der Waals surface area (Å²) < 4.78 is 0. The monoisotopic (exact) mass is 221 g/mol. The number of benzene rings is 1. The highest BCUT2D eigenvalue weighted by Crippen LogP contribution is 2.25. The van der Waals surface area contributed by atoms with Gasteiger partial charge in [0.25, 0.3) is 0 Å². The number of nitrogens with one attached hydrogen (secondary N) is 1. The fourth-order valence-electron chi connectivity index (χ4n) is 1.80. The Kier molecular flexibility index (Phi) is 5.33. The zero-order valence-corrected chi connectivity index (χ0v) is 10.5. The van der Waals surface area contributed by atoms with Crippen LogP contribution < -0.4 is 5.32 Å². The predicted octanol–water partition coefficient (Wildman–Crippen LogP) is 3.48. The topological polar surface area (TPSA) is 32.3 Å². The minimum Gasteiger partial charge on any atom is -0.508 e. The van der Waals surface area contributed by atoms with E-state index in [0.29, 0.717) is 5.75 Å². The van der Waals surface area contributed by atoms with Crippen molar-refractivity contribution in [3.8, 4) is 5.75 Å².